The lowest BCUT2D eigenvalue weighted by Crippen LogP contribution is -1.88. The minimum Gasteiger partial charge on any atom is -0.389 e. The summed E-state index contributed by atoms with van der Waals surface area (Å²) in [6, 6.07) is 6.15. The van der Waals surface area contributed by atoms with Crippen molar-refractivity contribution >= 4 is 21.4 Å². The van der Waals surface area contributed by atoms with E-state index in [0.717, 1.165) is 5.56 Å². The summed E-state index contributed by atoms with van der Waals surface area (Å²) in [4.78, 5) is 0. The second-order valence-electron chi connectivity index (χ2n) is 3.35. The van der Waals surface area contributed by atoms with Gasteiger partial charge < -0.3 is 5.11 Å². The Hall–Kier alpha value is -0.860. The molecule has 0 spiro atoms. The molecule has 0 aliphatic rings. The third kappa shape index (κ3) is 1.47. The lowest BCUT2D eigenvalue weighted by molar-refractivity contribution is 0.199. The molecule has 1 N–H and O–H groups in total. The summed E-state index contributed by atoms with van der Waals surface area (Å²) in [5.74, 6) is 0. The van der Waals surface area contributed by atoms with E-state index in [1.54, 1.807) is 18.3 Å². The molecule has 1 nitrogen and oxygen atoms in total. The third-order valence-electron chi connectivity index (χ3n) is 2.28. The molecule has 0 saturated carbocycles. The first-order valence-corrected chi connectivity index (χ1v) is 5.22. The lowest BCUT2D eigenvalue weighted by atomic mass is 10.1. The van der Waals surface area contributed by atoms with Gasteiger partial charge in [-0.3, -0.25) is 0 Å². The highest BCUT2D eigenvalue weighted by Gasteiger charge is 2.04. The molecule has 0 amide bonds. The van der Waals surface area contributed by atoms with E-state index in [-0.39, 0.29) is 6.10 Å². The monoisotopic (exact) mass is 192 g/mol. The highest BCUT2D eigenvalue weighted by Crippen LogP contribution is 2.27. The van der Waals surface area contributed by atoms with Gasteiger partial charge >= 0.3 is 0 Å². The Morgan fingerprint density at radius 1 is 1.38 bits per heavy atom. The van der Waals surface area contributed by atoms with Crippen LogP contribution in [-0.4, -0.2) is 5.11 Å². The van der Waals surface area contributed by atoms with Crippen LogP contribution in [0.3, 0.4) is 0 Å². The molecule has 1 heterocycles. The van der Waals surface area contributed by atoms with Crippen molar-refractivity contribution in [2.24, 2.45) is 0 Å². The van der Waals surface area contributed by atoms with Crippen molar-refractivity contribution < 1.29 is 5.11 Å². The number of aryl methyl sites for hydroxylation is 1. The quantitative estimate of drug-likeness (QED) is 0.735. The van der Waals surface area contributed by atoms with Crippen LogP contribution in [0.25, 0.3) is 10.1 Å². The van der Waals surface area contributed by atoms with Crippen LogP contribution in [0.5, 0.6) is 0 Å². The Balaban J connectivity index is 2.63. The van der Waals surface area contributed by atoms with Gasteiger partial charge in [-0.15, -0.1) is 11.3 Å². The molecule has 0 saturated heterocycles. The van der Waals surface area contributed by atoms with Crippen molar-refractivity contribution in [3.05, 3.63) is 34.7 Å². The fourth-order valence-corrected chi connectivity index (χ4v) is 2.43. The van der Waals surface area contributed by atoms with Gasteiger partial charge in [-0.05, 0) is 41.8 Å². The Kier molecular flexibility index (Phi) is 2.10. The number of fused-ring (bicyclic) bond motifs is 1. The number of benzene rings is 1. The molecule has 1 atom stereocenters. The van der Waals surface area contributed by atoms with Crippen LogP contribution in [0, 0.1) is 6.92 Å². The second kappa shape index (κ2) is 3.13. The summed E-state index contributed by atoms with van der Waals surface area (Å²) in [5, 5.41) is 12.8. The molecule has 2 heteroatoms. The zero-order valence-corrected chi connectivity index (χ0v) is 8.56. The highest BCUT2D eigenvalue weighted by molar-refractivity contribution is 7.17. The average molecular weight is 192 g/mol. The van der Waals surface area contributed by atoms with Gasteiger partial charge in [0.2, 0.25) is 0 Å². The van der Waals surface area contributed by atoms with Crippen molar-refractivity contribution in [1.82, 2.24) is 0 Å². The molecule has 0 aliphatic carbocycles. The van der Waals surface area contributed by atoms with Crippen LogP contribution in [0.2, 0.25) is 0 Å². The lowest BCUT2D eigenvalue weighted by Gasteiger charge is -2.03. The van der Waals surface area contributed by atoms with Gasteiger partial charge in [-0.2, -0.15) is 0 Å². The van der Waals surface area contributed by atoms with E-state index in [1.165, 1.54) is 15.6 Å². The van der Waals surface area contributed by atoms with E-state index in [1.807, 2.05) is 6.07 Å². The van der Waals surface area contributed by atoms with Gasteiger partial charge in [-0.25, -0.2) is 0 Å². The van der Waals surface area contributed by atoms with Crippen LogP contribution >= 0.6 is 11.3 Å². The summed E-state index contributed by atoms with van der Waals surface area (Å²) >= 11 is 1.73. The normalized spacial score (nSPS) is 13.5. The maximum Gasteiger partial charge on any atom is 0.0762 e. The van der Waals surface area contributed by atoms with Gasteiger partial charge in [0.25, 0.3) is 0 Å². The first-order valence-electron chi connectivity index (χ1n) is 4.34. The SMILES string of the molecule is Cc1csc2cc(C(C)O)ccc12. The molecule has 2 aromatic rings. The molecule has 2 rings (SSSR count). The number of hydrogen-bond donors (Lipinski definition) is 1. The van der Waals surface area contributed by atoms with E-state index < -0.39 is 0 Å². The number of aliphatic hydroxyl groups is 1. The minimum absolute atomic E-state index is 0.369. The van der Waals surface area contributed by atoms with E-state index in [0.29, 0.717) is 0 Å². The Bertz CT molecular complexity index is 429. The highest BCUT2D eigenvalue weighted by atomic mass is 32.1. The van der Waals surface area contributed by atoms with Crippen LogP contribution in [-0.2, 0) is 0 Å². The molecule has 0 aliphatic heterocycles. The van der Waals surface area contributed by atoms with E-state index >= 15 is 0 Å². The first kappa shape index (κ1) is 8.73. The molecular formula is C11H12OS. The van der Waals surface area contributed by atoms with Crippen molar-refractivity contribution in [3.63, 3.8) is 0 Å². The number of hydrogen-bond acceptors (Lipinski definition) is 2. The molecule has 0 bridgehead atoms. The summed E-state index contributed by atoms with van der Waals surface area (Å²) in [6.07, 6.45) is -0.369. The minimum atomic E-state index is -0.369. The summed E-state index contributed by atoms with van der Waals surface area (Å²) in [7, 11) is 0. The van der Waals surface area contributed by atoms with Crippen LogP contribution in [0.4, 0.5) is 0 Å². The van der Waals surface area contributed by atoms with E-state index in [9.17, 15) is 5.11 Å². The molecular weight excluding hydrogens is 180 g/mol. The van der Waals surface area contributed by atoms with Gasteiger partial charge in [-0.1, -0.05) is 12.1 Å². The van der Waals surface area contributed by atoms with Crippen LogP contribution in [0.15, 0.2) is 23.6 Å². The van der Waals surface area contributed by atoms with E-state index in [2.05, 4.69) is 24.4 Å². The Labute approximate surface area is 81.6 Å². The van der Waals surface area contributed by atoms with Crippen LogP contribution in [0.1, 0.15) is 24.2 Å². The van der Waals surface area contributed by atoms with Crippen molar-refractivity contribution in [2.75, 3.05) is 0 Å². The number of rotatable bonds is 1. The van der Waals surface area contributed by atoms with Crippen LogP contribution < -0.4 is 0 Å². The molecule has 68 valence electrons. The largest absolute Gasteiger partial charge is 0.389 e. The summed E-state index contributed by atoms with van der Waals surface area (Å²) in [5.41, 5.74) is 2.31. The zero-order chi connectivity index (χ0) is 9.42. The standard InChI is InChI=1S/C11H12OS/c1-7-6-13-11-5-9(8(2)12)3-4-10(7)11/h3-6,8,12H,1-2H3. The Morgan fingerprint density at radius 2 is 2.15 bits per heavy atom. The third-order valence-corrected chi connectivity index (χ3v) is 3.34. The first-order chi connectivity index (χ1) is 6.18. The Morgan fingerprint density at radius 3 is 2.85 bits per heavy atom. The smallest absolute Gasteiger partial charge is 0.0762 e. The molecule has 1 unspecified atom stereocenters. The summed E-state index contributed by atoms with van der Waals surface area (Å²) < 4.78 is 1.26. The topological polar surface area (TPSA) is 20.2 Å². The summed E-state index contributed by atoms with van der Waals surface area (Å²) in [6.45, 7) is 3.91. The van der Waals surface area contributed by atoms with Gasteiger partial charge in [0.15, 0.2) is 0 Å². The van der Waals surface area contributed by atoms with Crippen molar-refractivity contribution in [1.29, 1.82) is 0 Å². The maximum absolute atomic E-state index is 9.39. The number of aliphatic hydroxyl groups excluding tert-OH is 1. The second-order valence-corrected chi connectivity index (χ2v) is 4.26. The molecule has 0 fully saturated rings. The van der Waals surface area contributed by atoms with Crippen molar-refractivity contribution in [3.8, 4) is 0 Å². The molecule has 0 radical (unpaired) electrons. The predicted octanol–water partition coefficient (Wildman–Crippen LogP) is 3.26. The number of thiophene rings is 1. The van der Waals surface area contributed by atoms with Gasteiger partial charge in [0, 0.05) is 4.70 Å². The average Bonchev–Trinajstić information content (AvgIpc) is 2.47. The zero-order valence-electron chi connectivity index (χ0n) is 7.74. The maximum atomic E-state index is 9.39. The fraction of sp³-hybridized carbons (Fsp3) is 0.273. The molecule has 13 heavy (non-hydrogen) atoms. The fourth-order valence-electron chi connectivity index (χ4n) is 1.44. The molecule has 1 aromatic heterocycles. The van der Waals surface area contributed by atoms with E-state index in [4.69, 9.17) is 0 Å². The van der Waals surface area contributed by atoms with Crippen molar-refractivity contribution in [2.45, 2.75) is 20.0 Å². The predicted molar refractivity (Wildman–Crippen MR) is 57.2 cm³/mol. The van der Waals surface area contributed by atoms with Gasteiger partial charge in [0.05, 0.1) is 6.10 Å². The van der Waals surface area contributed by atoms with Gasteiger partial charge in [0.1, 0.15) is 0 Å². The molecule has 1 aromatic carbocycles.